The Labute approximate surface area is 121 Å². The van der Waals surface area contributed by atoms with Gasteiger partial charge in [-0.25, -0.2) is 4.98 Å². The Morgan fingerprint density at radius 2 is 2.37 bits per heavy atom. The topological polar surface area (TPSA) is 65.5 Å². The van der Waals surface area contributed by atoms with Crippen molar-refractivity contribution in [1.82, 2.24) is 9.88 Å². The SMILES string of the molecule is O=C(CN1CCCC(O)C1)Nc1ncc(Cl)cc1Cl. The molecule has 0 aliphatic carbocycles. The highest BCUT2D eigenvalue weighted by Crippen LogP contribution is 2.22. The number of β-amino-alcohol motifs (C(OH)–C–C–N with tert-alkyl or cyclic N) is 1. The molecule has 7 heteroatoms. The molecular weight excluding hydrogens is 289 g/mol. The standard InChI is InChI=1S/C12H15Cl2N3O2/c13-8-4-10(14)12(15-5-8)16-11(19)7-17-3-1-2-9(18)6-17/h4-5,9,18H,1-3,6-7H2,(H,15,16,19). The van der Waals surface area contributed by atoms with E-state index < -0.39 is 0 Å². The number of rotatable bonds is 3. The van der Waals surface area contributed by atoms with E-state index in [9.17, 15) is 9.90 Å². The number of amides is 1. The number of aliphatic hydroxyl groups is 1. The van der Waals surface area contributed by atoms with Gasteiger partial charge in [-0.05, 0) is 25.5 Å². The molecule has 0 spiro atoms. The molecule has 19 heavy (non-hydrogen) atoms. The van der Waals surface area contributed by atoms with Crippen LogP contribution in [0.25, 0.3) is 0 Å². The molecule has 0 aromatic carbocycles. The Hall–Kier alpha value is -0.880. The van der Waals surface area contributed by atoms with E-state index in [4.69, 9.17) is 23.2 Å². The third kappa shape index (κ3) is 4.31. The van der Waals surface area contributed by atoms with Crippen molar-refractivity contribution in [3.05, 3.63) is 22.3 Å². The minimum Gasteiger partial charge on any atom is -0.392 e. The first kappa shape index (κ1) is 14.5. The molecule has 1 aliphatic heterocycles. The van der Waals surface area contributed by atoms with Gasteiger partial charge in [-0.2, -0.15) is 0 Å². The summed E-state index contributed by atoms with van der Waals surface area (Å²) >= 11 is 11.7. The number of nitrogens with one attached hydrogen (secondary N) is 1. The van der Waals surface area contributed by atoms with Gasteiger partial charge < -0.3 is 10.4 Å². The first-order valence-corrected chi connectivity index (χ1v) is 6.81. The van der Waals surface area contributed by atoms with Crippen molar-refractivity contribution in [2.45, 2.75) is 18.9 Å². The number of hydrogen-bond donors (Lipinski definition) is 2. The average molecular weight is 304 g/mol. The minimum absolute atomic E-state index is 0.203. The van der Waals surface area contributed by atoms with Crippen molar-refractivity contribution in [3.63, 3.8) is 0 Å². The summed E-state index contributed by atoms with van der Waals surface area (Å²) in [6.45, 7) is 1.55. The van der Waals surface area contributed by atoms with Crippen LogP contribution in [0.2, 0.25) is 10.0 Å². The van der Waals surface area contributed by atoms with Crippen molar-refractivity contribution < 1.29 is 9.90 Å². The second-order valence-electron chi connectivity index (χ2n) is 4.56. The molecule has 1 amide bonds. The molecule has 1 unspecified atom stereocenters. The summed E-state index contributed by atoms with van der Waals surface area (Å²) in [5.41, 5.74) is 0. The van der Waals surface area contributed by atoms with Crippen molar-refractivity contribution in [1.29, 1.82) is 0 Å². The van der Waals surface area contributed by atoms with Crippen LogP contribution in [0.4, 0.5) is 5.82 Å². The highest BCUT2D eigenvalue weighted by molar-refractivity contribution is 6.36. The Balaban J connectivity index is 1.90. The van der Waals surface area contributed by atoms with Gasteiger partial charge in [0, 0.05) is 12.7 Å². The van der Waals surface area contributed by atoms with Crippen LogP contribution < -0.4 is 5.32 Å². The summed E-state index contributed by atoms with van der Waals surface area (Å²) in [7, 11) is 0. The molecule has 2 heterocycles. The number of aliphatic hydroxyl groups excluding tert-OH is 1. The molecule has 1 fully saturated rings. The highest BCUT2D eigenvalue weighted by atomic mass is 35.5. The lowest BCUT2D eigenvalue weighted by atomic mass is 10.1. The fraction of sp³-hybridized carbons (Fsp3) is 0.500. The third-order valence-corrected chi connectivity index (χ3v) is 3.41. The number of anilines is 1. The molecule has 5 nitrogen and oxygen atoms in total. The molecule has 0 bridgehead atoms. The summed E-state index contributed by atoms with van der Waals surface area (Å²) < 4.78 is 0. The van der Waals surface area contributed by atoms with E-state index in [0.717, 1.165) is 19.4 Å². The van der Waals surface area contributed by atoms with Gasteiger partial charge in [-0.15, -0.1) is 0 Å². The number of hydrogen-bond acceptors (Lipinski definition) is 4. The molecule has 1 aromatic rings. The lowest BCUT2D eigenvalue weighted by molar-refractivity contribution is -0.118. The van der Waals surface area contributed by atoms with E-state index in [2.05, 4.69) is 10.3 Å². The fourth-order valence-electron chi connectivity index (χ4n) is 2.06. The summed E-state index contributed by atoms with van der Waals surface area (Å²) in [5.74, 6) is 0.0967. The van der Waals surface area contributed by atoms with E-state index in [1.165, 1.54) is 12.3 Å². The molecule has 1 saturated heterocycles. The number of aromatic nitrogens is 1. The number of halogens is 2. The fourth-order valence-corrected chi connectivity index (χ4v) is 2.48. The first-order chi connectivity index (χ1) is 9.04. The van der Waals surface area contributed by atoms with Gasteiger partial charge >= 0.3 is 0 Å². The Morgan fingerprint density at radius 1 is 1.58 bits per heavy atom. The van der Waals surface area contributed by atoms with E-state index in [1.54, 1.807) is 0 Å². The van der Waals surface area contributed by atoms with Crippen LogP contribution in [0.1, 0.15) is 12.8 Å². The van der Waals surface area contributed by atoms with E-state index in [-0.39, 0.29) is 18.6 Å². The summed E-state index contributed by atoms with van der Waals surface area (Å²) in [6.07, 6.45) is 2.77. The smallest absolute Gasteiger partial charge is 0.239 e. The second-order valence-corrected chi connectivity index (χ2v) is 5.41. The minimum atomic E-state index is -0.348. The zero-order valence-corrected chi connectivity index (χ0v) is 11.8. The normalized spacial score (nSPS) is 20.3. The maximum absolute atomic E-state index is 11.9. The van der Waals surface area contributed by atoms with Gasteiger partial charge in [-0.3, -0.25) is 9.69 Å². The number of likely N-dealkylation sites (tertiary alicyclic amines) is 1. The number of carbonyl (C=O) groups is 1. The predicted molar refractivity (Wildman–Crippen MR) is 74.6 cm³/mol. The van der Waals surface area contributed by atoms with Crippen LogP contribution in [0.3, 0.4) is 0 Å². The lowest BCUT2D eigenvalue weighted by Crippen LogP contribution is -2.42. The van der Waals surface area contributed by atoms with Crippen LogP contribution in [-0.4, -0.2) is 46.6 Å². The van der Waals surface area contributed by atoms with Crippen LogP contribution in [0.15, 0.2) is 12.3 Å². The van der Waals surface area contributed by atoms with E-state index in [1.807, 2.05) is 4.90 Å². The Morgan fingerprint density at radius 3 is 3.05 bits per heavy atom. The van der Waals surface area contributed by atoms with Gasteiger partial charge in [0.25, 0.3) is 0 Å². The van der Waals surface area contributed by atoms with Gasteiger partial charge in [0.1, 0.15) is 0 Å². The maximum atomic E-state index is 11.9. The lowest BCUT2D eigenvalue weighted by Gasteiger charge is -2.29. The van der Waals surface area contributed by atoms with Gasteiger partial charge in [0.2, 0.25) is 5.91 Å². The van der Waals surface area contributed by atoms with E-state index >= 15 is 0 Å². The zero-order valence-electron chi connectivity index (χ0n) is 10.3. The first-order valence-electron chi connectivity index (χ1n) is 6.06. The number of nitrogens with zero attached hydrogens (tertiary/aromatic N) is 2. The molecule has 2 rings (SSSR count). The van der Waals surface area contributed by atoms with E-state index in [0.29, 0.717) is 22.4 Å². The number of piperidine rings is 1. The largest absolute Gasteiger partial charge is 0.392 e. The Bertz CT molecular complexity index is 470. The molecule has 0 radical (unpaired) electrons. The van der Waals surface area contributed by atoms with Gasteiger partial charge in [0.05, 0.1) is 22.7 Å². The molecular formula is C12H15Cl2N3O2. The average Bonchev–Trinajstić information content (AvgIpc) is 2.33. The van der Waals surface area contributed by atoms with Crippen LogP contribution in [-0.2, 0) is 4.79 Å². The third-order valence-electron chi connectivity index (χ3n) is 2.91. The number of pyridine rings is 1. The zero-order chi connectivity index (χ0) is 13.8. The van der Waals surface area contributed by atoms with Crippen LogP contribution in [0.5, 0.6) is 0 Å². The van der Waals surface area contributed by atoms with Crippen LogP contribution >= 0.6 is 23.2 Å². The van der Waals surface area contributed by atoms with Crippen molar-refractivity contribution in [2.24, 2.45) is 0 Å². The maximum Gasteiger partial charge on any atom is 0.239 e. The molecule has 1 aromatic heterocycles. The van der Waals surface area contributed by atoms with Crippen molar-refractivity contribution in [3.8, 4) is 0 Å². The summed E-state index contributed by atoms with van der Waals surface area (Å²) in [6, 6.07) is 1.52. The van der Waals surface area contributed by atoms with Gasteiger partial charge in [-0.1, -0.05) is 23.2 Å². The summed E-state index contributed by atoms with van der Waals surface area (Å²) in [5, 5.41) is 12.9. The monoisotopic (exact) mass is 303 g/mol. The molecule has 1 atom stereocenters. The molecule has 104 valence electrons. The van der Waals surface area contributed by atoms with Crippen LogP contribution in [0, 0.1) is 0 Å². The molecule has 2 N–H and O–H groups in total. The summed E-state index contributed by atoms with van der Waals surface area (Å²) in [4.78, 5) is 17.7. The predicted octanol–water partition coefficient (Wildman–Crippen LogP) is 1.78. The Kier molecular flexibility index (Phi) is 4.99. The molecule has 0 saturated carbocycles. The van der Waals surface area contributed by atoms with Crippen molar-refractivity contribution in [2.75, 3.05) is 25.0 Å². The molecule has 1 aliphatic rings. The quantitative estimate of drug-likeness (QED) is 0.893. The van der Waals surface area contributed by atoms with Gasteiger partial charge in [0.15, 0.2) is 5.82 Å². The van der Waals surface area contributed by atoms with Crippen molar-refractivity contribution >= 4 is 34.9 Å². The number of carbonyl (C=O) groups excluding carboxylic acids is 1. The highest BCUT2D eigenvalue weighted by Gasteiger charge is 2.20. The second kappa shape index (κ2) is 6.52.